The lowest BCUT2D eigenvalue weighted by Crippen LogP contribution is -2.46. The summed E-state index contributed by atoms with van der Waals surface area (Å²) in [6.45, 7) is 7.15. The van der Waals surface area contributed by atoms with Crippen LogP contribution in [-0.2, 0) is 6.42 Å². The molecule has 0 amide bonds. The SMILES string of the molecule is Cc1cccc(CCC(C)NC2CCN(C3CC3)CC2)c1. The standard InChI is InChI=1S/C19H30N2/c1-15-4-3-5-17(14-15)7-6-16(2)20-18-10-12-21(13-11-18)19-8-9-19/h3-5,14,16,18-20H,6-13H2,1-2H3. The second-order valence-corrected chi connectivity index (χ2v) is 7.14. The van der Waals surface area contributed by atoms with Crippen molar-refractivity contribution in [2.45, 2.75) is 70.5 Å². The molecule has 0 radical (unpaired) electrons. The van der Waals surface area contributed by atoms with E-state index in [9.17, 15) is 0 Å². The second kappa shape index (κ2) is 6.93. The van der Waals surface area contributed by atoms with E-state index < -0.39 is 0 Å². The van der Waals surface area contributed by atoms with Crippen LogP contribution in [0.1, 0.15) is 50.2 Å². The predicted octanol–water partition coefficient (Wildman–Crippen LogP) is 3.53. The van der Waals surface area contributed by atoms with Gasteiger partial charge in [-0.15, -0.1) is 0 Å². The molecule has 1 saturated heterocycles. The van der Waals surface area contributed by atoms with Crippen molar-refractivity contribution in [2.75, 3.05) is 13.1 Å². The maximum atomic E-state index is 3.86. The summed E-state index contributed by atoms with van der Waals surface area (Å²) in [6, 6.07) is 11.3. The van der Waals surface area contributed by atoms with Gasteiger partial charge in [0.05, 0.1) is 0 Å². The molecule has 1 aromatic carbocycles. The normalized spacial score (nSPS) is 22.4. The highest BCUT2D eigenvalue weighted by atomic mass is 15.2. The highest BCUT2D eigenvalue weighted by Gasteiger charge is 2.31. The van der Waals surface area contributed by atoms with Crippen LogP contribution in [0.4, 0.5) is 0 Å². The van der Waals surface area contributed by atoms with E-state index in [2.05, 4.69) is 48.3 Å². The number of rotatable bonds is 6. The van der Waals surface area contributed by atoms with Gasteiger partial charge in [-0.05, 0) is 71.0 Å². The Bertz CT molecular complexity index is 445. The van der Waals surface area contributed by atoms with Crippen LogP contribution in [0.25, 0.3) is 0 Å². The lowest BCUT2D eigenvalue weighted by atomic mass is 10.0. The molecule has 21 heavy (non-hydrogen) atoms. The molecular weight excluding hydrogens is 256 g/mol. The monoisotopic (exact) mass is 286 g/mol. The van der Waals surface area contributed by atoms with Crippen LogP contribution < -0.4 is 5.32 Å². The first-order valence-electron chi connectivity index (χ1n) is 8.76. The molecule has 1 unspecified atom stereocenters. The molecule has 2 nitrogen and oxygen atoms in total. The molecule has 1 aromatic rings. The van der Waals surface area contributed by atoms with E-state index in [-0.39, 0.29) is 0 Å². The van der Waals surface area contributed by atoms with Gasteiger partial charge in [-0.3, -0.25) is 0 Å². The quantitative estimate of drug-likeness (QED) is 0.860. The first kappa shape index (κ1) is 15.1. The minimum absolute atomic E-state index is 0.628. The van der Waals surface area contributed by atoms with E-state index in [0.717, 1.165) is 12.1 Å². The Labute approximate surface area is 129 Å². The molecule has 1 atom stereocenters. The Hall–Kier alpha value is -0.860. The van der Waals surface area contributed by atoms with Crippen LogP contribution >= 0.6 is 0 Å². The Balaban J connectivity index is 1.37. The predicted molar refractivity (Wildman–Crippen MR) is 89.7 cm³/mol. The zero-order valence-corrected chi connectivity index (χ0v) is 13.6. The highest BCUT2D eigenvalue weighted by molar-refractivity contribution is 5.22. The van der Waals surface area contributed by atoms with Crippen molar-refractivity contribution >= 4 is 0 Å². The van der Waals surface area contributed by atoms with Crippen LogP contribution in [0.15, 0.2) is 24.3 Å². The number of hydrogen-bond donors (Lipinski definition) is 1. The smallest absolute Gasteiger partial charge is 0.00964 e. The molecule has 3 rings (SSSR count). The number of aryl methyl sites for hydroxylation is 2. The van der Waals surface area contributed by atoms with Crippen LogP contribution in [-0.4, -0.2) is 36.1 Å². The van der Waals surface area contributed by atoms with E-state index in [1.165, 1.54) is 62.7 Å². The summed E-state index contributed by atoms with van der Waals surface area (Å²) in [5.74, 6) is 0. The lowest BCUT2D eigenvalue weighted by Gasteiger charge is -2.34. The fourth-order valence-corrected chi connectivity index (χ4v) is 3.61. The fourth-order valence-electron chi connectivity index (χ4n) is 3.61. The maximum absolute atomic E-state index is 3.86. The van der Waals surface area contributed by atoms with E-state index in [1.807, 2.05) is 0 Å². The number of likely N-dealkylation sites (tertiary alicyclic amines) is 1. The van der Waals surface area contributed by atoms with Gasteiger partial charge in [0.25, 0.3) is 0 Å². The Morgan fingerprint density at radius 2 is 1.95 bits per heavy atom. The molecule has 2 aliphatic rings. The minimum atomic E-state index is 0.628. The van der Waals surface area contributed by atoms with Gasteiger partial charge in [-0.2, -0.15) is 0 Å². The summed E-state index contributed by atoms with van der Waals surface area (Å²) in [5.41, 5.74) is 2.85. The zero-order valence-electron chi connectivity index (χ0n) is 13.6. The van der Waals surface area contributed by atoms with Gasteiger partial charge in [-0.25, -0.2) is 0 Å². The fraction of sp³-hybridized carbons (Fsp3) is 0.684. The summed E-state index contributed by atoms with van der Waals surface area (Å²) in [4.78, 5) is 2.70. The van der Waals surface area contributed by atoms with E-state index >= 15 is 0 Å². The Kier molecular flexibility index (Phi) is 4.97. The molecule has 0 bridgehead atoms. The van der Waals surface area contributed by atoms with Crippen LogP contribution in [0.2, 0.25) is 0 Å². The van der Waals surface area contributed by atoms with Crippen molar-refractivity contribution in [1.82, 2.24) is 10.2 Å². The number of nitrogens with one attached hydrogen (secondary N) is 1. The molecule has 116 valence electrons. The third kappa shape index (κ3) is 4.55. The van der Waals surface area contributed by atoms with Gasteiger partial charge < -0.3 is 10.2 Å². The summed E-state index contributed by atoms with van der Waals surface area (Å²) in [5, 5.41) is 3.86. The third-order valence-corrected chi connectivity index (χ3v) is 5.06. The number of hydrogen-bond acceptors (Lipinski definition) is 2. The van der Waals surface area contributed by atoms with Crippen LogP contribution in [0, 0.1) is 6.92 Å². The minimum Gasteiger partial charge on any atom is -0.311 e. The zero-order chi connectivity index (χ0) is 14.7. The summed E-state index contributed by atoms with van der Waals surface area (Å²) >= 11 is 0. The lowest BCUT2D eigenvalue weighted by molar-refractivity contribution is 0.183. The van der Waals surface area contributed by atoms with Crippen molar-refractivity contribution < 1.29 is 0 Å². The van der Waals surface area contributed by atoms with Gasteiger partial charge in [0.2, 0.25) is 0 Å². The Morgan fingerprint density at radius 1 is 1.19 bits per heavy atom. The number of benzene rings is 1. The van der Waals surface area contributed by atoms with Crippen LogP contribution in [0.5, 0.6) is 0 Å². The molecule has 0 aromatic heterocycles. The van der Waals surface area contributed by atoms with Crippen molar-refractivity contribution in [3.63, 3.8) is 0 Å². The maximum Gasteiger partial charge on any atom is 0.00964 e. The van der Waals surface area contributed by atoms with Gasteiger partial charge in [-0.1, -0.05) is 29.8 Å². The van der Waals surface area contributed by atoms with Crippen molar-refractivity contribution in [3.8, 4) is 0 Å². The van der Waals surface area contributed by atoms with E-state index in [1.54, 1.807) is 0 Å². The molecule has 1 heterocycles. The number of piperidine rings is 1. The molecule has 1 N–H and O–H groups in total. The molecule has 1 aliphatic heterocycles. The largest absolute Gasteiger partial charge is 0.311 e. The van der Waals surface area contributed by atoms with Gasteiger partial charge >= 0.3 is 0 Å². The first-order chi connectivity index (χ1) is 10.2. The molecule has 2 fully saturated rings. The molecule has 2 heteroatoms. The molecule has 1 aliphatic carbocycles. The summed E-state index contributed by atoms with van der Waals surface area (Å²) < 4.78 is 0. The van der Waals surface area contributed by atoms with Gasteiger partial charge in [0, 0.05) is 18.1 Å². The van der Waals surface area contributed by atoms with E-state index in [4.69, 9.17) is 0 Å². The van der Waals surface area contributed by atoms with Crippen molar-refractivity contribution in [1.29, 1.82) is 0 Å². The van der Waals surface area contributed by atoms with Crippen molar-refractivity contribution in [2.24, 2.45) is 0 Å². The van der Waals surface area contributed by atoms with Gasteiger partial charge in [0.1, 0.15) is 0 Å². The second-order valence-electron chi connectivity index (χ2n) is 7.14. The van der Waals surface area contributed by atoms with Crippen LogP contribution in [0.3, 0.4) is 0 Å². The van der Waals surface area contributed by atoms with Crippen molar-refractivity contribution in [3.05, 3.63) is 35.4 Å². The topological polar surface area (TPSA) is 15.3 Å². The molecular formula is C19H30N2. The molecule has 0 spiro atoms. The third-order valence-electron chi connectivity index (χ3n) is 5.06. The highest BCUT2D eigenvalue weighted by Crippen LogP contribution is 2.29. The summed E-state index contributed by atoms with van der Waals surface area (Å²) in [7, 11) is 0. The Morgan fingerprint density at radius 3 is 2.62 bits per heavy atom. The number of nitrogens with zero attached hydrogens (tertiary/aromatic N) is 1. The molecule has 1 saturated carbocycles. The first-order valence-corrected chi connectivity index (χ1v) is 8.76. The van der Waals surface area contributed by atoms with Gasteiger partial charge in [0.15, 0.2) is 0 Å². The average molecular weight is 286 g/mol. The summed E-state index contributed by atoms with van der Waals surface area (Å²) in [6.07, 6.45) is 8.01. The van der Waals surface area contributed by atoms with E-state index in [0.29, 0.717) is 6.04 Å². The average Bonchev–Trinajstić information content (AvgIpc) is 3.31.